The molecule has 0 saturated carbocycles. The van der Waals surface area contributed by atoms with Gasteiger partial charge in [0.25, 0.3) is 0 Å². The molecule has 5 fully saturated rings. The van der Waals surface area contributed by atoms with E-state index in [1.165, 1.54) is 6.92 Å². The molecule has 0 aromatic carbocycles. The summed E-state index contributed by atoms with van der Waals surface area (Å²) in [6.07, 6.45) is -38.5. The molecule has 5 aliphatic rings. The third-order valence-corrected chi connectivity index (χ3v) is 11.5. The van der Waals surface area contributed by atoms with Crippen LogP contribution in [0, 0.1) is 0 Å². The molecule has 0 aliphatic carbocycles. The third-order valence-electron chi connectivity index (χ3n) is 11.5. The number of ether oxygens (including phenoxy) is 9. The number of rotatable bonds is 15. The highest BCUT2D eigenvalue weighted by Crippen LogP contribution is 2.35. The van der Waals surface area contributed by atoms with E-state index in [4.69, 9.17) is 42.6 Å². The van der Waals surface area contributed by atoms with Crippen molar-refractivity contribution in [3.05, 3.63) is 0 Å². The predicted molar refractivity (Wildman–Crippen MR) is 200 cm³/mol. The molecule has 5 aliphatic heterocycles. The Hall–Kier alpha value is -2.47. The molecule has 64 heavy (non-hydrogen) atoms. The van der Waals surface area contributed by atoms with E-state index in [1.54, 1.807) is 0 Å². The number of nitrogens with one attached hydrogen (secondary N) is 3. The van der Waals surface area contributed by atoms with E-state index in [0.29, 0.717) is 0 Å². The fourth-order valence-corrected chi connectivity index (χ4v) is 8.08. The second-order valence-electron chi connectivity index (χ2n) is 16.2. The fraction of sp³-hybridized carbons (Fsp3) is 0.917. The normalized spacial score (nSPS) is 47.7. The molecule has 0 spiro atoms. The van der Waals surface area contributed by atoms with Gasteiger partial charge in [-0.25, -0.2) is 0 Å². The average Bonchev–Trinajstić information content (AvgIpc) is 3.24. The predicted octanol–water partition coefficient (Wildman–Crippen LogP) is -10.5. The van der Waals surface area contributed by atoms with Crippen molar-refractivity contribution in [3.8, 4) is 0 Å². The van der Waals surface area contributed by atoms with Crippen LogP contribution in [-0.4, -0.2) is 264 Å². The lowest BCUT2D eigenvalue weighted by atomic mass is 9.93. The van der Waals surface area contributed by atoms with Gasteiger partial charge in [0.15, 0.2) is 31.5 Å². The maximum Gasteiger partial charge on any atom is 0.217 e. The second-order valence-corrected chi connectivity index (χ2v) is 16.2. The fourth-order valence-electron chi connectivity index (χ4n) is 8.08. The first kappa shape index (κ1) is 52.5. The van der Waals surface area contributed by atoms with Gasteiger partial charge in [0.1, 0.15) is 116 Å². The number of hydrogen-bond acceptors (Lipinski definition) is 25. The van der Waals surface area contributed by atoms with Crippen molar-refractivity contribution in [1.29, 1.82) is 0 Å². The first-order valence-corrected chi connectivity index (χ1v) is 20.4. The van der Waals surface area contributed by atoms with Crippen LogP contribution in [0.1, 0.15) is 27.7 Å². The lowest BCUT2D eigenvalue weighted by molar-refractivity contribution is -0.369. The molecule has 0 unspecified atom stereocenters. The van der Waals surface area contributed by atoms with Crippen molar-refractivity contribution in [3.63, 3.8) is 0 Å². The Morgan fingerprint density at radius 1 is 0.438 bits per heavy atom. The van der Waals surface area contributed by atoms with Gasteiger partial charge in [0, 0.05) is 20.8 Å². The van der Waals surface area contributed by atoms with Gasteiger partial charge in [-0.3, -0.25) is 14.4 Å². The van der Waals surface area contributed by atoms with Crippen LogP contribution < -0.4 is 16.0 Å². The topological polar surface area (TPSA) is 433 Å². The Labute approximate surface area is 364 Å². The Kier molecular flexibility index (Phi) is 18.5. The number of hydrogen-bond donors (Lipinski definition) is 16. The Bertz CT molecular complexity index is 1540. The standard InChI is InChI=1S/C36H61N3O25/c1-9-20(46)25(51)27(53)35(57-9)64-31-19(39-12(4)45)33(61-15(7-42)29(31)62-34-17(37-10(2)43)24(50)21(47)13(5-40)59-34)56-8-16-23(49)30(18(32(55)58-16)38-11(3)44)63-36-28(54)26(52)22(48)14(6-41)60-36/h9,13-36,40-42,46-55H,5-8H2,1-4H3,(H,37,43)(H,38,44)(H,39,45)/t9-,13+,14+,15+,16+,17+,18+,19+,20+,21-,22-,23-,24+,25+,26-,27-,28+,29+,30+,31+,32-,33+,34-,35-,36-/m0/s1. The van der Waals surface area contributed by atoms with E-state index >= 15 is 0 Å². The first-order valence-electron chi connectivity index (χ1n) is 20.4. The van der Waals surface area contributed by atoms with Crippen molar-refractivity contribution in [1.82, 2.24) is 16.0 Å². The summed E-state index contributed by atoms with van der Waals surface area (Å²) in [5.74, 6) is -2.26. The molecule has 0 radical (unpaired) electrons. The van der Waals surface area contributed by atoms with Crippen molar-refractivity contribution in [2.45, 2.75) is 181 Å². The van der Waals surface area contributed by atoms with Gasteiger partial charge < -0.3 is 125 Å². The molecule has 28 heteroatoms. The van der Waals surface area contributed by atoms with Gasteiger partial charge >= 0.3 is 0 Å². The zero-order chi connectivity index (χ0) is 47.5. The van der Waals surface area contributed by atoms with Gasteiger partial charge in [-0.05, 0) is 6.92 Å². The number of carbonyl (C=O) groups excluding carboxylic acids is 3. The highest BCUT2D eigenvalue weighted by molar-refractivity contribution is 5.74. The summed E-state index contributed by atoms with van der Waals surface area (Å²) in [7, 11) is 0. The molecule has 25 atom stereocenters. The summed E-state index contributed by atoms with van der Waals surface area (Å²) in [5, 5.41) is 145. The zero-order valence-corrected chi connectivity index (χ0v) is 35.0. The molecule has 0 aromatic rings. The van der Waals surface area contributed by atoms with Gasteiger partial charge in [-0.2, -0.15) is 0 Å². The maximum atomic E-state index is 12.8. The Morgan fingerprint density at radius 2 is 0.891 bits per heavy atom. The van der Waals surface area contributed by atoms with Crippen LogP contribution in [0.5, 0.6) is 0 Å². The van der Waals surface area contributed by atoms with Crippen molar-refractivity contribution in [2.75, 3.05) is 26.4 Å². The molecule has 0 aromatic heterocycles. The molecule has 28 nitrogen and oxygen atoms in total. The molecular formula is C36H61N3O25. The van der Waals surface area contributed by atoms with Crippen LogP contribution in [0.25, 0.3) is 0 Å². The summed E-state index contributed by atoms with van der Waals surface area (Å²) in [5.41, 5.74) is 0. The second kappa shape index (κ2) is 22.6. The monoisotopic (exact) mass is 935 g/mol. The summed E-state index contributed by atoms with van der Waals surface area (Å²) >= 11 is 0. The SMILES string of the molecule is CC(=O)N[C@@H]1[C@@H](O[C@@H]2O[C@H](CO)[C@H](O)[C@H](O)[C@H]2O)[C@@H](O)[C@@H](CO[C@@H]2O[C@H](CO)[C@@H](O[C@@H]3O[C@H](CO)[C@H](O)[C@H](O)[C@H]3NC(C)=O)[C@H](O[C@@H]3O[C@@H](C)[C@@H](O)[C@@H](O)[C@@H]3O)[C@H]2NC(C)=O)O[C@@H]1O. The average molecular weight is 936 g/mol. The largest absolute Gasteiger partial charge is 0.394 e. The third kappa shape index (κ3) is 11.6. The molecule has 5 rings (SSSR count). The molecule has 16 N–H and O–H groups in total. The number of carbonyl (C=O) groups is 3. The van der Waals surface area contributed by atoms with E-state index in [9.17, 15) is 80.8 Å². The minimum atomic E-state index is -1.99. The molecule has 370 valence electrons. The molecular weight excluding hydrogens is 874 g/mol. The van der Waals surface area contributed by atoms with Gasteiger partial charge in [0.05, 0.1) is 32.5 Å². The summed E-state index contributed by atoms with van der Waals surface area (Å²) in [6, 6.07) is -4.78. The van der Waals surface area contributed by atoms with Gasteiger partial charge in [-0.15, -0.1) is 0 Å². The van der Waals surface area contributed by atoms with E-state index in [0.717, 1.165) is 20.8 Å². The number of amides is 3. The molecule has 0 bridgehead atoms. The lowest BCUT2D eigenvalue weighted by Gasteiger charge is -2.51. The van der Waals surface area contributed by atoms with Crippen LogP contribution >= 0.6 is 0 Å². The number of aliphatic hydroxyl groups excluding tert-OH is 13. The quantitative estimate of drug-likeness (QED) is 0.0725. The summed E-state index contributed by atoms with van der Waals surface area (Å²) < 4.78 is 52.6. The molecule has 5 heterocycles. The van der Waals surface area contributed by atoms with E-state index in [2.05, 4.69) is 16.0 Å². The van der Waals surface area contributed by atoms with Crippen molar-refractivity contribution < 1.29 is 123 Å². The number of aliphatic hydroxyl groups is 13. The van der Waals surface area contributed by atoms with Gasteiger partial charge in [0.2, 0.25) is 17.7 Å². The Morgan fingerprint density at radius 3 is 1.45 bits per heavy atom. The lowest BCUT2D eigenvalue weighted by Crippen LogP contribution is -2.71. The van der Waals surface area contributed by atoms with E-state index in [1.807, 2.05) is 0 Å². The highest BCUT2D eigenvalue weighted by Gasteiger charge is 2.56. The van der Waals surface area contributed by atoms with Crippen molar-refractivity contribution >= 4 is 17.7 Å². The summed E-state index contributed by atoms with van der Waals surface area (Å²) in [6.45, 7) is 1.06. The van der Waals surface area contributed by atoms with Crippen LogP contribution in [0.4, 0.5) is 0 Å². The zero-order valence-electron chi connectivity index (χ0n) is 35.0. The van der Waals surface area contributed by atoms with E-state index < -0.39 is 197 Å². The van der Waals surface area contributed by atoms with Crippen molar-refractivity contribution in [2.24, 2.45) is 0 Å². The molecule has 3 amide bonds. The van der Waals surface area contributed by atoms with Gasteiger partial charge in [-0.1, -0.05) is 0 Å². The Balaban J connectivity index is 1.47. The van der Waals surface area contributed by atoms with Crippen LogP contribution in [-0.2, 0) is 57.0 Å². The highest BCUT2D eigenvalue weighted by atomic mass is 16.8. The van der Waals surface area contributed by atoms with Crippen LogP contribution in [0.3, 0.4) is 0 Å². The van der Waals surface area contributed by atoms with Crippen LogP contribution in [0.2, 0.25) is 0 Å². The molecule has 5 saturated heterocycles. The van der Waals surface area contributed by atoms with Crippen LogP contribution in [0.15, 0.2) is 0 Å². The minimum absolute atomic E-state index is 0.728. The first-order chi connectivity index (χ1) is 30.1. The van der Waals surface area contributed by atoms with E-state index in [-0.39, 0.29) is 0 Å². The smallest absolute Gasteiger partial charge is 0.217 e. The minimum Gasteiger partial charge on any atom is -0.394 e. The maximum absolute atomic E-state index is 12.8. The summed E-state index contributed by atoms with van der Waals surface area (Å²) in [4.78, 5) is 37.2.